The van der Waals surface area contributed by atoms with Gasteiger partial charge in [0.25, 0.3) is 0 Å². The highest BCUT2D eigenvalue weighted by atomic mass is 35.5. The van der Waals surface area contributed by atoms with E-state index in [4.69, 9.17) is 10.5 Å². The van der Waals surface area contributed by atoms with E-state index in [1.165, 1.54) is 11.1 Å². The number of amides is 1. The van der Waals surface area contributed by atoms with Crippen LogP contribution in [0.3, 0.4) is 0 Å². The summed E-state index contributed by atoms with van der Waals surface area (Å²) in [6.07, 6.45) is 0. The SMILES string of the molecule is Cc1ccc(C(C)C)c(OCc2ccc(NC(=O)[C@H](C)N)cc2)c1.Cl. The minimum Gasteiger partial charge on any atom is -0.489 e. The number of nitrogens with two attached hydrogens (primary N) is 1. The molecule has 0 aliphatic carbocycles. The number of carbonyl (C=O) groups is 1. The number of ether oxygens (including phenoxy) is 1. The molecular formula is C20H27ClN2O2. The van der Waals surface area contributed by atoms with Gasteiger partial charge in [-0.15, -0.1) is 12.4 Å². The summed E-state index contributed by atoms with van der Waals surface area (Å²) in [5.41, 5.74) is 9.72. The van der Waals surface area contributed by atoms with Crippen molar-refractivity contribution in [1.82, 2.24) is 0 Å². The van der Waals surface area contributed by atoms with Gasteiger partial charge in [-0.25, -0.2) is 0 Å². The second kappa shape index (κ2) is 9.44. The minimum atomic E-state index is -0.524. The van der Waals surface area contributed by atoms with Gasteiger partial charge in [0.2, 0.25) is 5.91 Å². The van der Waals surface area contributed by atoms with Gasteiger partial charge >= 0.3 is 0 Å². The van der Waals surface area contributed by atoms with Crippen LogP contribution < -0.4 is 15.8 Å². The summed E-state index contributed by atoms with van der Waals surface area (Å²) in [6.45, 7) is 8.53. The molecule has 25 heavy (non-hydrogen) atoms. The number of anilines is 1. The Labute approximate surface area is 156 Å². The van der Waals surface area contributed by atoms with Crippen molar-refractivity contribution in [2.24, 2.45) is 5.73 Å². The fraction of sp³-hybridized carbons (Fsp3) is 0.350. The third kappa shape index (κ3) is 6.07. The highest BCUT2D eigenvalue weighted by Crippen LogP contribution is 2.28. The zero-order valence-electron chi connectivity index (χ0n) is 15.2. The molecule has 0 bridgehead atoms. The Kier molecular flexibility index (Phi) is 7.94. The molecule has 2 rings (SSSR count). The van der Waals surface area contributed by atoms with E-state index in [1.54, 1.807) is 6.92 Å². The number of rotatable bonds is 6. The molecule has 1 atom stereocenters. The summed E-state index contributed by atoms with van der Waals surface area (Å²) >= 11 is 0. The first-order valence-corrected chi connectivity index (χ1v) is 8.25. The molecule has 0 aliphatic heterocycles. The molecule has 0 aliphatic rings. The van der Waals surface area contributed by atoms with E-state index in [2.05, 4.69) is 44.3 Å². The molecule has 0 unspecified atom stereocenters. The average molecular weight is 363 g/mol. The fourth-order valence-corrected chi connectivity index (χ4v) is 2.35. The molecule has 1 amide bonds. The largest absolute Gasteiger partial charge is 0.489 e. The Morgan fingerprint density at radius 2 is 1.76 bits per heavy atom. The van der Waals surface area contributed by atoms with Gasteiger partial charge < -0.3 is 15.8 Å². The van der Waals surface area contributed by atoms with Crippen LogP contribution >= 0.6 is 12.4 Å². The maximum Gasteiger partial charge on any atom is 0.240 e. The van der Waals surface area contributed by atoms with Gasteiger partial charge in [0.05, 0.1) is 6.04 Å². The van der Waals surface area contributed by atoms with Crippen molar-refractivity contribution in [2.75, 3.05) is 5.32 Å². The van der Waals surface area contributed by atoms with Crippen molar-refractivity contribution < 1.29 is 9.53 Å². The second-order valence-corrected chi connectivity index (χ2v) is 6.46. The maximum absolute atomic E-state index is 11.6. The summed E-state index contributed by atoms with van der Waals surface area (Å²) in [5.74, 6) is 1.15. The lowest BCUT2D eigenvalue weighted by atomic mass is 10.0. The topological polar surface area (TPSA) is 64.3 Å². The van der Waals surface area contributed by atoms with E-state index in [0.717, 1.165) is 17.0 Å². The zero-order valence-corrected chi connectivity index (χ0v) is 16.0. The number of hydrogen-bond acceptors (Lipinski definition) is 3. The van der Waals surface area contributed by atoms with E-state index in [0.29, 0.717) is 12.5 Å². The predicted octanol–water partition coefficient (Wildman–Crippen LogP) is 4.40. The molecule has 2 aromatic rings. The lowest BCUT2D eigenvalue weighted by Crippen LogP contribution is -2.32. The van der Waals surface area contributed by atoms with E-state index in [-0.39, 0.29) is 18.3 Å². The van der Waals surface area contributed by atoms with Crippen LogP contribution in [0.1, 0.15) is 43.4 Å². The number of benzene rings is 2. The van der Waals surface area contributed by atoms with Crippen LogP contribution in [0.4, 0.5) is 5.69 Å². The first kappa shape index (κ1) is 21.0. The summed E-state index contributed by atoms with van der Waals surface area (Å²) in [4.78, 5) is 11.6. The molecule has 0 fully saturated rings. The van der Waals surface area contributed by atoms with Crippen molar-refractivity contribution >= 4 is 24.0 Å². The van der Waals surface area contributed by atoms with Crippen LogP contribution in [0.15, 0.2) is 42.5 Å². The normalized spacial score (nSPS) is 11.6. The molecule has 0 saturated heterocycles. The quantitative estimate of drug-likeness (QED) is 0.800. The van der Waals surface area contributed by atoms with E-state index < -0.39 is 6.04 Å². The number of carbonyl (C=O) groups excluding carboxylic acids is 1. The standard InChI is InChI=1S/C20H26N2O2.ClH/c1-13(2)18-10-5-14(3)11-19(18)24-12-16-6-8-17(9-7-16)22-20(23)15(4)21;/h5-11,13,15H,12,21H2,1-4H3,(H,22,23);1H/t15-;/m0./s1. The molecule has 2 aromatic carbocycles. The average Bonchev–Trinajstić information content (AvgIpc) is 2.53. The van der Waals surface area contributed by atoms with Crippen LogP contribution in [-0.4, -0.2) is 11.9 Å². The van der Waals surface area contributed by atoms with Gasteiger partial charge in [0, 0.05) is 5.69 Å². The van der Waals surface area contributed by atoms with Crippen molar-refractivity contribution in [3.05, 3.63) is 59.2 Å². The lowest BCUT2D eigenvalue weighted by Gasteiger charge is -2.15. The Bertz CT molecular complexity index is 697. The monoisotopic (exact) mass is 362 g/mol. The number of nitrogens with one attached hydrogen (secondary N) is 1. The Morgan fingerprint density at radius 3 is 2.32 bits per heavy atom. The van der Waals surface area contributed by atoms with Gasteiger partial charge in [-0.2, -0.15) is 0 Å². The molecule has 0 heterocycles. The van der Waals surface area contributed by atoms with E-state index >= 15 is 0 Å². The predicted molar refractivity (Wildman–Crippen MR) is 106 cm³/mol. The summed E-state index contributed by atoms with van der Waals surface area (Å²) in [5, 5.41) is 2.77. The molecule has 136 valence electrons. The van der Waals surface area contributed by atoms with Gasteiger partial charge in [0.1, 0.15) is 12.4 Å². The molecular weight excluding hydrogens is 336 g/mol. The van der Waals surface area contributed by atoms with Gasteiger partial charge in [-0.05, 0) is 54.7 Å². The first-order valence-electron chi connectivity index (χ1n) is 8.25. The number of halogens is 1. The molecule has 4 nitrogen and oxygen atoms in total. The second-order valence-electron chi connectivity index (χ2n) is 6.46. The van der Waals surface area contributed by atoms with E-state index in [1.807, 2.05) is 24.3 Å². The first-order chi connectivity index (χ1) is 11.4. The van der Waals surface area contributed by atoms with Crippen LogP contribution in [0, 0.1) is 6.92 Å². The summed E-state index contributed by atoms with van der Waals surface area (Å²) in [7, 11) is 0. The molecule has 0 saturated carbocycles. The Morgan fingerprint density at radius 1 is 1.12 bits per heavy atom. The number of aryl methyl sites for hydroxylation is 1. The van der Waals surface area contributed by atoms with Crippen LogP contribution in [-0.2, 0) is 11.4 Å². The van der Waals surface area contributed by atoms with Crippen LogP contribution in [0.25, 0.3) is 0 Å². The van der Waals surface area contributed by atoms with Gasteiger partial charge in [-0.3, -0.25) is 4.79 Å². The van der Waals surface area contributed by atoms with Crippen molar-refractivity contribution in [1.29, 1.82) is 0 Å². The van der Waals surface area contributed by atoms with Gasteiger partial charge in [-0.1, -0.05) is 38.1 Å². The molecule has 0 radical (unpaired) electrons. The highest BCUT2D eigenvalue weighted by molar-refractivity contribution is 5.94. The van der Waals surface area contributed by atoms with Gasteiger partial charge in [0.15, 0.2) is 0 Å². The van der Waals surface area contributed by atoms with Crippen molar-refractivity contribution in [3.8, 4) is 5.75 Å². The Balaban J connectivity index is 0.00000312. The molecule has 0 spiro atoms. The molecule has 3 N–H and O–H groups in total. The van der Waals surface area contributed by atoms with Crippen LogP contribution in [0.5, 0.6) is 5.75 Å². The highest BCUT2D eigenvalue weighted by Gasteiger charge is 2.09. The summed E-state index contributed by atoms with van der Waals surface area (Å²) < 4.78 is 6.02. The van der Waals surface area contributed by atoms with Crippen molar-refractivity contribution in [3.63, 3.8) is 0 Å². The molecule has 5 heteroatoms. The zero-order chi connectivity index (χ0) is 17.7. The van der Waals surface area contributed by atoms with Crippen molar-refractivity contribution in [2.45, 2.75) is 46.3 Å². The summed E-state index contributed by atoms with van der Waals surface area (Å²) in [6, 6.07) is 13.4. The molecule has 0 aromatic heterocycles. The van der Waals surface area contributed by atoms with E-state index in [9.17, 15) is 4.79 Å². The fourth-order valence-electron chi connectivity index (χ4n) is 2.35. The van der Waals surface area contributed by atoms with Crippen LogP contribution in [0.2, 0.25) is 0 Å². The Hall–Kier alpha value is -2.04. The maximum atomic E-state index is 11.6. The lowest BCUT2D eigenvalue weighted by molar-refractivity contribution is -0.117. The number of hydrogen-bond donors (Lipinski definition) is 2. The third-order valence-electron chi connectivity index (χ3n) is 3.82. The third-order valence-corrected chi connectivity index (χ3v) is 3.82. The minimum absolute atomic E-state index is 0. The smallest absolute Gasteiger partial charge is 0.240 e.